The van der Waals surface area contributed by atoms with Crippen LogP contribution in [0.3, 0.4) is 0 Å². The highest BCUT2D eigenvalue weighted by Crippen LogP contribution is 2.27. The molecular formula is C88H116N34O21S2. The maximum atomic E-state index is 15.2. The van der Waals surface area contributed by atoms with Gasteiger partial charge >= 0.3 is 0 Å². The van der Waals surface area contributed by atoms with Gasteiger partial charge in [0.2, 0.25) is 118 Å². The van der Waals surface area contributed by atoms with E-state index in [0.717, 1.165) is 26.5 Å². The fraction of sp³-hybridized carbons (Fsp3) is 0.432. The van der Waals surface area contributed by atoms with Gasteiger partial charge in [-0.25, -0.2) is 29.9 Å². The van der Waals surface area contributed by atoms with E-state index in [1.807, 2.05) is 0 Å². The summed E-state index contributed by atoms with van der Waals surface area (Å²) in [6, 6.07) is -8.47. The van der Waals surface area contributed by atoms with Crippen molar-refractivity contribution in [3.8, 4) is 5.75 Å². The van der Waals surface area contributed by atoms with Gasteiger partial charge in [0.05, 0.1) is 76.6 Å². The zero-order chi connectivity index (χ0) is 104. The van der Waals surface area contributed by atoms with Gasteiger partial charge in [0, 0.05) is 147 Å². The van der Waals surface area contributed by atoms with Crippen molar-refractivity contribution < 1.29 is 101 Å². The summed E-state index contributed by atoms with van der Waals surface area (Å²) < 4.78 is 0. The van der Waals surface area contributed by atoms with Gasteiger partial charge in [-0.1, -0.05) is 64.1 Å². The van der Waals surface area contributed by atoms with Gasteiger partial charge < -0.3 is 154 Å². The summed E-state index contributed by atoms with van der Waals surface area (Å²) in [5, 5.41) is 50.8. The minimum absolute atomic E-state index is 0.0100. The van der Waals surface area contributed by atoms with Crippen molar-refractivity contribution in [1.82, 2.24) is 150 Å². The largest absolute Gasteiger partial charge is 0.508 e. The van der Waals surface area contributed by atoms with Gasteiger partial charge in [-0.05, 0) is 68.3 Å². The highest BCUT2D eigenvalue weighted by Gasteiger charge is 2.43. The molecule has 2 aliphatic rings. The number of imidazole rings is 6. The van der Waals surface area contributed by atoms with Crippen LogP contribution in [-0.2, 0) is 147 Å². The summed E-state index contributed by atoms with van der Waals surface area (Å²) >= 11 is 0. The number of primary amides is 3. The number of rotatable bonds is 49. The summed E-state index contributed by atoms with van der Waals surface area (Å²) in [5.74, 6) is -21.0. The number of carbonyl (C=O) groups is 20. The molecule has 8 aromatic rings. The van der Waals surface area contributed by atoms with Crippen LogP contribution in [0.4, 0.5) is 0 Å². The first-order valence-electron chi connectivity index (χ1n) is 45.8. The maximum Gasteiger partial charge on any atom is 0.246 e. The van der Waals surface area contributed by atoms with Crippen LogP contribution in [0.25, 0.3) is 0 Å². The van der Waals surface area contributed by atoms with Gasteiger partial charge in [0.25, 0.3) is 0 Å². The van der Waals surface area contributed by atoms with E-state index in [4.69, 9.17) is 28.7 Å². The Hall–Kier alpha value is -16.5. The number of hydrogen-bond donors (Lipinski definition) is 28. The number of nitrogens with one attached hydrogen (secondary N) is 22. The van der Waals surface area contributed by atoms with Crippen molar-refractivity contribution in [1.29, 1.82) is 0 Å². The molecule has 6 aromatic heterocycles. The van der Waals surface area contributed by atoms with Crippen LogP contribution in [0, 0.1) is 0 Å². The Morgan fingerprint density at radius 3 is 1.29 bits per heavy atom. The Labute approximate surface area is 833 Å². The lowest BCUT2D eigenvalue weighted by molar-refractivity contribution is -0.142. The number of hydrogen-bond acceptors (Lipinski definition) is 31. The zero-order valence-electron chi connectivity index (χ0n) is 78.1. The molecule has 2 fully saturated rings. The molecule has 57 heteroatoms. The number of unbranched alkanes of at least 4 members (excludes halogenated alkanes) is 1. The number of carbonyl (C=O) groups excluding carboxylic acids is 20. The lowest BCUT2D eigenvalue weighted by Gasteiger charge is -2.31. The molecule has 0 aliphatic carbocycles. The molecule has 55 nitrogen and oxygen atoms in total. The zero-order valence-corrected chi connectivity index (χ0v) is 79.8. The number of phenols is 1. The Morgan fingerprint density at radius 1 is 0.421 bits per heavy atom. The third-order valence-corrected chi connectivity index (χ3v) is 25.1. The van der Waals surface area contributed by atoms with Crippen LogP contribution in [0.15, 0.2) is 130 Å². The molecule has 2 aromatic carbocycles. The second-order valence-corrected chi connectivity index (χ2v) is 36.4. The van der Waals surface area contributed by atoms with Crippen LogP contribution in [0.5, 0.6) is 5.75 Å². The number of H-pyrrole nitrogens is 6. The van der Waals surface area contributed by atoms with E-state index in [0.29, 0.717) is 52.4 Å². The maximum absolute atomic E-state index is 15.2. The predicted octanol–water partition coefficient (Wildman–Crippen LogP) is -10.3. The van der Waals surface area contributed by atoms with Gasteiger partial charge in [0.15, 0.2) is 0 Å². The molecule has 0 spiro atoms. The second-order valence-electron chi connectivity index (χ2n) is 33.8. The summed E-state index contributed by atoms with van der Waals surface area (Å²) in [6.45, 7) is -3.15. The van der Waals surface area contributed by atoms with Crippen LogP contribution < -0.4 is 114 Å². The fourth-order valence-corrected chi connectivity index (χ4v) is 17.4. The number of phenolic OH excluding ortho intramolecular Hbond substituents is 1. The average Bonchev–Trinajstić information content (AvgIpc) is 1.69. The van der Waals surface area contributed by atoms with Crippen molar-refractivity contribution in [2.24, 2.45) is 28.7 Å². The number of aromatic amines is 6. The number of aromatic hydroxyl groups is 1. The Bertz CT molecular complexity index is 5710. The van der Waals surface area contributed by atoms with Crippen molar-refractivity contribution in [3.05, 3.63) is 175 Å². The first-order valence-corrected chi connectivity index (χ1v) is 48.3. The smallest absolute Gasteiger partial charge is 0.246 e. The summed E-state index contributed by atoms with van der Waals surface area (Å²) in [6.07, 6.45) is 13.2. The quantitative estimate of drug-likeness (QED) is 0.0124. The van der Waals surface area contributed by atoms with Gasteiger partial charge in [-0.2, -0.15) is 0 Å². The molecule has 0 unspecified atom stereocenters. The van der Waals surface area contributed by atoms with Crippen molar-refractivity contribution in [2.45, 2.75) is 187 Å². The standard InChI is InChI=1S/C88H116N34O21S2/c89-17-5-4-9-56(76(131)102-34-71(93)126)112-87(142)68-10-6-18-122(68)88(143)67-39-145-144-38-66(86(141)115-59(20-47-11-13-54(123)14-12-47)80(135)114-58(19-46-7-2-1-3-8-46)79(134)111-57(15-16-69(91)124)78(133)120-65(27-70(92)125)85(140)121-67)110-74(129)37-101-72(127)35-100-73(128)36-103-77(132)60(22-49-29-95-41-105-49)116-82(137)62(24-51-31-97-43-107-51)118-84(139)64(26-53-33-99-45-109-53)119-83(138)63(25-52-32-98-44-108-52)117-81(136)61(23-50-30-96-42-106-50)113-75(130)55(90)21-48-28-94-40-104-48/h1-3,7-8,11-14,28-33,40-45,55-68,123H,4-6,9-10,15-27,34-39,89-90H2,(H2,91,124)(H2,92,125)(H2,93,126)(H,94,104)(H,95,105)(H,96,106)(H,97,107)(H,98,108)(H,99,109)(H,100,128)(H,101,127)(H,102,131)(H,103,132)(H,110,129)(H,111,134)(H,112,142)(H,113,130)(H,114,135)(H,115,141)(H,116,137)(H,117,136)(H,118,139)(H,119,138)(H,120,133)(H,121,140)/t55-,56-,57-,58-,59+,60-,61-,62-,63-,64-,65-,66-,67-,68-/m0/s1. The molecule has 10 rings (SSSR count). The minimum Gasteiger partial charge on any atom is -0.508 e. The molecule has 33 N–H and O–H groups in total. The number of likely N-dealkylation sites (tertiary alicyclic amines) is 1. The van der Waals surface area contributed by atoms with Crippen molar-refractivity contribution in [2.75, 3.05) is 50.8 Å². The molecule has 0 bridgehead atoms. The van der Waals surface area contributed by atoms with E-state index in [1.54, 1.807) is 30.3 Å². The molecule has 8 heterocycles. The molecule has 145 heavy (non-hydrogen) atoms. The summed E-state index contributed by atoms with van der Waals surface area (Å²) in [4.78, 5) is 325. The SMILES string of the molecule is NCCCC[C@H](NC(=O)[C@@H]1CCCN1C(=O)[C@@H]1CSSC[C@H](NC(=O)CNC(=O)CNC(=O)CNC(=O)[C@H](Cc2cnc[nH]2)NC(=O)[C@H](Cc2cnc[nH]2)NC(=O)[C@H](Cc2cnc[nH]2)NC(=O)[C@H](Cc2cnc[nH]2)NC(=O)[C@H](Cc2cnc[nH]2)NC(=O)[C@@H](N)Cc2cnc[nH]2)C(=O)N[C@H](Cc2ccc(O)cc2)C(=O)N[C@@H](Cc2ccccc2)C(=O)N[C@@H](CCC(N)=O)C(=O)N[C@@H](CC(N)=O)C(=O)N1)C(=O)NCC(N)=O. The van der Waals surface area contributed by atoms with Crippen LogP contribution in [0.1, 0.15) is 96.7 Å². The minimum atomic E-state index is -1.96. The van der Waals surface area contributed by atoms with Crippen molar-refractivity contribution in [3.63, 3.8) is 0 Å². The van der Waals surface area contributed by atoms with E-state index >= 15 is 14.4 Å². The normalized spacial score (nSPS) is 18.4. The fourth-order valence-electron chi connectivity index (χ4n) is 15.1. The van der Waals surface area contributed by atoms with E-state index < -0.39 is 260 Å². The van der Waals surface area contributed by atoms with E-state index in [9.17, 15) is 86.6 Å². The topological polar surface area (TPSA) is 860 Å². The monoisotopic (exact) mass is 2050 g/mol. The van der Waals surface area contributed by atoms with Crippen LogP contribution in [-0.4, -0.2) is 323 Å². The Morgan fingerprint density at radius 2 is 0.828 bits per heavy atom. The molecule has 0 radical (unpaired) electrons. The highest BCUT2D eigenvalue weighted by molar-refractivity contribution is 8.76. The molecule has 20 amide bonds. The van der Waals surface area contributed by atoms with E-state index in [1.165, 1.54) is 99.4 Å². The number of aromatic nitrogens is 12. The van der Waals surface area contributed by atoms with Gasteiger partial charge in [-0.3, -0.25) is 95.9 Å². The average molecular weight is 2050 g/mol. The predicted molar refractivity (Wildman–Crippen MR) is 513 cm³/mol. The molecule has 2 saturated heterocycles. The molecule has 0 saturated carbocycles. The number of benzene rings is 2. The molecule has 14 atom stereocenters. The van der Waals surface area contributed by atoms with E-state index in [-0.39, 0.29) is 95.2 Å². The van der Waals surface area contributed by atoms with Gasteiger partial charge in [-0.15, -0.1) is 0 Å². The number of amides is 20. The number of nitrogens with zero attached hydrogens (tertiary/aromatic N) is 7. The lowest BCUT2D eigenvalue weighted by Crippen LogP contribution is -2.61. The third-order valence-electron chi connectivity index (χ3n) is 22.7. The van der Waals surface area contributed by atoms with Crippen LogP contribution >= 0.6 is 21.6 Å². The highest BCUT2D eigenvalue weighted by atomic mass is 33.1. The van der Waals surface area contributed by atoms with Crippen molar-refractivity contribution >= 4 is 140 Å². The van der Waals surface area contributed by atoms with E-state index in [2.05, 4.69) is 145 Å². The summed E-state index contributed by atoms with van der Waals surface area (Å²) in [5.41, 5.74) is 31.4. The van der Waals surface area contributed by atoms with Gasteiger partial charge in [0.1, 0.15) is 84.3 Å². The summed E-state index contributed by atoms with van der Waals surface area (Å²) in [7, 11) is 1.58. The second kappa shape index (κ2) is 56.2. The third kappa shape index (κ3) is 36.5. The molecule has 776 valence electrons. The Kier molecular flexibility index (Phi) is 42.9. The van der Waals surface area contributed by atoms with Crippen LogP contribution in [0.2, 0.25) is 0 Å². The first kappa shape index (κ1) is 111. The molecular weight excluding hydrogens is 1930 g/mol. The first-order chi connectivity index (χ1) is 69.6. The Balaban J connectivity index is 0.840. The molecule has 2 aliphatic heterocycles. The lowest BCUT2D eigenvalue weighted by atomic mass is 10.0. The number of nitrogens with two attached hydrogens (primary N) is 5.